The van der Waals surface area contributed by atoms with Gasteiger partial charge in [0.05, 0.1) is 0 Å². The summed E-state index contributed by atoms with van der Waals surface area (Å²) in [6.07, 6.45) is 0. The van der Waals surface area contributed by atoms with Crippen molar-refractivity contribution in [2.75, 3.05) is 0 Å². The normalized spacial score (nSPS) is 11.8. The van der Waals surface area contributed by atoms with Crippen molar-refractivity contribution in [1.29, 1.82) is 0 Å². The maximum absolute atomic E-state index is 6.67. The fraction of sp³-hybridized carbons (Fsp3) is 0. The molecule has 9 aromatic carbocycles. The Labute approximate surface area is 304 Å². The molecule has 11 aromatic rings. The fourth-order valence-corrected chi connectivity index (χ4v) is 9.45. The van der Waals surface area contributed by atoms with Crippen molar-refractivity contribution in [2.24, 2.45) is 0 Å². The maximum Gasteiger partial charge on any atom is 0.136 e. The lowest BCUT2D eigenvalue weighted by Crippen LogP contribution is -1.91. The molecular formula is C50H30OS. The van der Waals surface area contributed by atoms with Crippen LogP contribution in [0.25, 0.3) is 109 Å². The maximum atomic E-state index is 6.67. The molecule has 2 aromatic heterocycles. The van der Waals surface area contributed by atoms with Gasteiger partial charge in [0.1, 0.15) is 11.2 Å². The molecule has 0 spiro atoms. The van der Waals surface area contributed by atoms with E-state index in [1.807, 2.05) is 0 Å². The molecule has 0 aliphatic rings. The number of benzene rings is 9. The van der Waals surface area contributed by atoms with E-state index in [1.54, 1.807) is 11.3 Å². The summed E-state index contributed by atoms with van der Waals surface area (Å²) in [5.74, 6) is 0. The average Bonchev–Trinajstić information content (AvgIpc) is 3.88. The molecular weight excluding hydrogens is 649 g/mol. The average molecular weight is 679 g/mol. The summed E-state index contributed by atoms with van der Waals surface area (Å²) in [5.41, 5.74) is 10.5. The largest absolute Gasteiger partial charge is 0.456 e. The Morgan fingerprint density at radius 2 is 0.846 bits per heavy atom. The van der Waals surface area contributed by atoms with Crippen LogP contribution in [0.1, 0.15) is 0 Å². The van der Waals surface area contributed by atoms with Crippen molar-refractivity contribution in [3.05, 3.63) is 181 Å². The van der Waals surface area contributed by atoms with Crippen LogP contribution in [0.4, 0.5) is 0 Å². The van der Waals surface area contributed by atoms with Crippen molar-refractivity contribution in [3.8, 4) is 43.8 Å². The number of rotatable bonds is 4. The zero-order valence-corrected chi connectivity index (χ0v) is 29.0. The number of thiophene rings is 1. The number of hydrogen-bond donors (Lipinski definition) is 0. The first-order valence-electron chi connectivity index (χ1n) is 17.8. The Balaban J connectivity index is 1.23. The summed E-state index contributed by atoms with van der Waals surface area (Å²) in [4.78, 5) is 1.29. The first-order valence-corrected chi connectivity index (χ1v) is 18.6. The van der Waals surface area contributed by atoms with Gasteiger partial charge in [0.25, 0.3) is 0 Å². The van der Waals surface area contributed by atoms with E-state index in [9.17, 15) is 0 Å². The first-order chi connectivity index (χ1) is 25.8. The highest BCUT2D eigenvalue weighted by atomic mass is 32.1. The minimum Gasteiger partial charge on any atom is -0.456 e. The van der Waals surface area contributed by atoms with Crippen LogP contribution in [0, 0.1) is 0 Å². The van der Waals surface area contributed by atoms with Crippen LogP contribution in [0.2, 0.25) is 0 Å². The van der Waals surface area contributed by atoms with Gasteiger partial charge in [0.2, 0.25) is 0 Å². The molecule has 2 heterocycles. The van der Waals surface area contributed by atoms with Crippen molar-refractivity contribution < 1.29 is 4.42 Å². The third kappa shape index (κ3) is 4.28. The molecule has 0 amide bonds. The Kier molecular flexibility index (Phi) is 6.49. The Bertz CT molecular complexity index is 3050. The van der Waals surface area contributed by atoms with Crippen LogP contribution in [0.3, 0.4) is 0 Å². The topological polar surface area (TPSA) is 13.1 Å². The van der Waals surface area contributed by atoms with Crippen molar-refractivity contribution >= 4 is 76.4 Å². The predicted molar refractivity (Wildman–Crippen MR) is 223 cm³/mol. The van der Waals surface area contributed by atoms with E-state index >= 15 is 0 Å². The van der Waals surface area contributed by atoms with E-state index in [0.717, 1.165) is 21.9 Å². The third-order valence-electron chi connectivity index (χ3n) is 10.7. The van der Waals surface area contributed by atoms with E-state index < -0.39 is 0 Å². The van der Waals surface area contributed by atoms with Crippen LogP contribution in [-0.4, -0.2) is 0 Å². The fourth-order valence-electron chi connectivity index (χ4n) is 8.65. The van der Waals surface area contributed by atoms with Crippen LogP contribution >= 0.6 is 11.3 Å². The molecule has 0 saturated carbocycles. The highest BCUT2D eigenvalue weighted by Crippen LogP contribution is 2.49. The second-order valence-corrected chi connectivity index (χ2v) is 14.5. The lowest BCUT2D eigenvalue weighted by Gasteiger charge is -2.18. The van der Waals surface area contributed by atoms with E-state index in [-0.39, 0.29) is 0 Å². The smallest absolute Gasteiger partial charge is 0.136 e. The van der Waals surface area contributed by atoms with Crippen molar-refractivity contribution in [1.82, 2.24) is 0 Å². The van der Waals surface area contributed by atoms with Crippen LogP contribution in [-0.2, 0) is 0 Å². The molecule has 52 heavy (non-hydrogen) atoms. The third-order valence-corrected chi connectivity index (χ3v) is 11.6. The molecule has 0 aliphatic heterocycles. The molecule has 0 fully saturated rings. The molecule has 1 nitrogen and oxygen atoms in total. The quantitative estimate of drug-likeness (QED) is 0.169. The SMILES string of the molecule is c1ccc(-c2c3ccccc3c(-c3ccc4oc5cccc(-c6c7ccccc7c(-c7cccs7)c7ccccc67)c5c4c3)c3ccccc23)cc1. The zero-order chi connectivity index (χ0) is 34.2. The van der Waals surface area contributed by atoms with Gasteiger partial charge in [-0.1, -0.05) is 152 Å². The molecule has 0 N–H and O–H groups in total. The van der Waals surface area contributed by atoms with Crippen LogP contribution in [0.5, 0.6) is 0 Å². The van der Waals surface area contributed by atoms with Gasteiger partial charge in [0, 0.05) is 21.2 Å². The first kappa shape index (κ1) is 29.3. The van der Waals surface area contributed by atoms with E-state index in [2.05, 4.69) is 181 Å². The molecule has 11 rings (SSSR count). The van der Waals surface area contributed by atoms with Gasteiger partial charge in [-0.3, -0.25) is 0 Å². The summed E-state index contributed by atoms with van der Waals surface area (Å²) in [6, 6.07) is 64.0. The second-order valence-electron chi connectivity index (χ2n) is 13.5. The van der Waals surface area contributed by atoms with E-state index in [4.69, 9.17) is 4.42 Å². The number of hydrogen-bond acceptors (Lipinski definition) is 2. The molecule has 0 saturated heterocycles. The molecule has 0 radical (unpaired) electrons. The van der Waals surface area contributed by atoms with Crippen LogP contribution in [0.15, 0.2) is 186 Å². The molecule has 0 atom stereocenters. The summed E-state index contributed by atoms with van der Waals surface area (Å²) in [5, 5.41) is 14.5. The molecule has 0 unspecified atom stereocenters. The Hall–Kier alpha value is -6.48. The minimum absolute atomic E-state index is 0.893. The molecule has 0 bridgehead atoms. The van der Waals surface area contributed by atoms with Crippen molar-refractivity contribution in [2.45, 2.75) is 0 Å². The molecule has 242 valence electrons. The number of furan rings is 1. The summed E-state index contributed by atoms with van der Waals surface area (Å²) in [6.45, 7) is 0. The lowest BCUT2D eigenvalue weighted by molar-refractivity contribution is 0.669. The van der Waals surface area contributed by atoms with Crippen molar-refractivity contribution in [3.63, 3.8) is 0 Å². The van der Waals surface area contributed by atoms with Gasteiger partial charge in [-0.15, -0.1) is 11.3 Å². The Morgan fingerprint density at radius 3 is 1.40 bits per heavy atom. The molecule has 0 aliphatic carbocycles. The predicted octanol–water partition coefficient (Wildman–Crippen LogP) is 14.9. The summed E-state index contributed by atoms with van der Waals surface area (Å²) < 4.78 is 6.67. The van der Waals surface area contributed by atoms with Crippen LogP contribution < -0.4 is 0 Å². The van der Waals surface area contributed by atoms with Gasteiger partial charge in [-0.05, 0) is 106 Å². The van der Waals surface area contributed by atoms with E-state index in [0.29, 0.717) is 0 Å². The van der Waals surface area contributed by atoms with Gasteiger partial charge >= 0.3 is 0 Å². The minimum atomic E-state index is 0.893. The number of fused-ring (bicyclic) bond motifs is 7. The van der Waals surface area contributed by atoms with Gasteiger partial charge < -0.3 is 4.42 Å². The van der Waals surface area contributed by atoms with Gasteiger partial charge in [-0.2, -0.15) is 0 Å². The molecule has 2 heteroatoms. The monoisotopic (exact) mass is 678 g/mol. The lowest BCUT2D eigenvalue weighted by atomic mass is 9.85. The highest BCUT2D eigenvalue weighted by molar-refractivity contribution is 7.13. The van der Waals surface area contributed by atoms with Gasteiger partial charge in [-0.25, -0.2) is 0 Å². The van der Waals surface area contributed by atoms with Gasteiger partial charge in [0.15, 0.2) is 0 Å². The highest BCUT2D eigenvalue weighted by Gasteiger charge is 2.22. The second kappa shape index (κ2) is 11.5. The standard InChI is InChI=1S/C50H30OS/c1-2-14-31(15-3-1)46-33-16-4-6-18-35(33)47(36-19-7-5-17-34(36)46)32-27-28-43-42(30-32)49-41(24-12-25-44(49)51-43)48-37-20-8-10-22-39(37)50(45-26-13-29-52-45)40-23-11-9-21-38(40)48/h1-30H. The zero-order valence-electron chi connectivity index (χ0n) is 28.1. The van der Waals surface area contributed by atoms with E-state index in [1.165, 1.54) is 86.9 Å². The Morgan fingerprint density at radius 1 is 0.327 bits per heavy atom. The summed E-state index contributed by atoms with van der Waals surface area (Å²) in [7, 11) is 0. The summed E-state index contributed by atoms with van der Waals surface area (Å²) >= 11 is 1.80.